The van der Waals surface area contributed by atoms with E-state index in [1.807, 2.05) is 25.1 Å². The molecule has 1 amide bonds. The van der Waals surface area contributed by atoms with E-state index >= 15 is 0 Å². The largest absolute Gasteiger partial charge is 0.495 e. The summed E-state index contributed by atoms with van der Waals surface area (Å²) >= 11 is 0. The highest BCUT2D eigenvalue weighted by molar-refractivity contribution is 5.93. The lowest BCUT2D eigenvalue weighted by Gasteiger charge is -2.31. The van der Waals surface area contributed by atoms with Crippen molar-refractivity contribution < 1.29 is 9.53 Å². The molecule has 0 spiro atoms. The zero-order chi connectivity index (χ0) is 14.5. The van der Waals surface area contributed by atoms with Crippen molar-refractivity contribution in [3.8, 4) is 5.75 Å². The van der Waals surface area contributed by atoms with Gasteiger partial charge >= 0.3 is 0 Å². The van der Waals surface area contributed by atoms with Gasteiger partial charge in [-0.15, -0.1) is 0 Å². The van der Waals surface area contributed by atoms with E-state index in [0.29, 0.717) is 18.3 Å². The third-order valence-corrected chi connectivity index (χ3v) is 3.45. The Morgan fingerprint density at radius 2 is 2.35 bits per heavy atom. The van der Waals surface area contributed by atoms with Gasteiger partial charge in [-0.05, 0) is 31.5 Å². The SMILES string of the molecule is COc1ccc(C)cc1NC(=O)CN1CCNC(C)C1. The maximum Gasteiger partial charge on any atom is 0.238 e. The minimum atomic E-state index is 0.00278. The summed E-state index contributed by atoms with van der Waals surface area (Å²) in [7, 11) is 1.61. The molecule has 1 saturated heterocycles. The molecule has 1 heterocycles. The molecule has 1 atom stereocenters. The number of carbonyl (C=O) groups is 1. The average molecular weight is 277 g/mol. The summed E-state index contributed by atoms with van der Waals surface area (Å²) < 4.78 is 5.27. The number of nitrogens with zero attached hydrogens (tertiary/aromatic N) is 1. The van der Waals surface area contributed by atoms with Gasteiger partial charge < -0.3 is 15.4 Å². The third kappa shape index (κ3) is 3.95. The second-order valence-electron chi connectivity index (χ2n) is 5.34. The Hall–Kier alpha value is -1.59. The first-order valence-corrected chi connectivity index (χ1v) is 6.98. The van der Waals surface area contributed by atoms with Gasteiger partial charge in [0.2, 0.25) is 5.91 Å². The summed E-state index contributed by atoms with van der Waals surface area (Å²) in [5.74, 6) is 0.695. The number of anilines is 1. The van der Waals surface area contributed by atoms with E-state index in [0.717, 1.165) is 30.9 Å². The van der Waals surface area contributed by atoms with Crippen LogP contribution >= 0.6 is 0 Å². The molecule has 0 bridgehead atoms. The molecule has 1 aliphatic heterocycles. The summed E-state index contributed by atoms with van der Waals surface area (Å²) in [5.41, 5.74) is 1.83. The molecule has 0 radical (unpaired) electrons. The maximum absolute atomic E-state index is 12.1. The van der Waals surface area contributed by atoms with Gasteiger partial charge in [0.15, 0.2) is 0 Å². The minimum absolute atomic E-state index is 0.00278. The Labute approximate surface area is 120 Å². The van der Waals surface area contributed by atoms with Crippen molar-refractivity contribution in [2.45, 2.75) is 19.9 Å². The lowest BCUT2D eigenvalue weighted by atomic mass is 10.2. The van der Waals surface area contributed by atoms with E-state index in [1.165, 1.54) is 0 Å². The first-order valence-electron chi connectivity index (χ1n) is 6.98. The number of amides is 1. The Morgan fingerprint density at radius 1 is 1.55 bits per heavy atom. The van der Waals surface area contributed by atoms with E-state index in [4.69, 9.17) is 4.74 Å². The molecule has 5 heteroatoms. The first kappa shape index (κ1) is 14.8. The van der Waals surface area contributed by atoms with E-state index in [2.05, 4.69) is 22.5 Å². The van der Waals surface area contributed by atoms with Crippen molar-refractivity contribution in [2.75, 3.05) is 38.6 Å². The van der Waals surface area contributed by atoms with E-state index in [1.54, 1.807) is 7.11 Å². The van der Waals surface area contributed by atoms with Crippen LogP contribution in [-0.4, -0.2) is 50.1 Å². The van der Waals surface area contributed by atoms with Crippen LogP contribution in [0.2, 0.25) is 0 Å². The predicted octanol–water partition coefficient (Wildman–Crippen LogP) is 1.24. The number of carbonyl (C=O) groups excluding carboxylic acids is 1. The lowest BCUT2D eigenvalue weighted by Crippen LogP contribution is -2.51. The smallest absolute Gasteiger partial charge is 0.238 e. The molecular formula is C15H23N3O2. The van der Waals surface area contributed by atoms with Crippen LogP contribution in [0.5, 0.6) is 5.75 Å². The van der Waals surface area contributed by atoms with Crippen LogP contribution in [0.4, 0.5) is 5.69 Å². The molecule has 110 valence electrons. The number of nitrogens with one attached hydrogen (secondary N) is 2. The molecule has 1 aromatic rings. The van der Waals surface area contributed by atoms with Crippen LogP contribution in [0.25, 0.3) is 0 Å². The lowest BCUT2D eigenvalue weighted by molar-refractivity contribution is -0.117. The highest BCUT2D eigenvalue weighted by Crippen LogP contribution is 2.25. The fourth-order valence-corrected chi connectivity index (χ4v) is 2.47. The Bertz CT molecular complexity index is 476. The van der Waals surface area contributed by atoms with Crippen LogP contribution in [-0.2, 0) is 4.79 Å². The van der Waals surface area contributed by atoms with Crippen molar-refractivity contribution >= 4 is 11.6 Å². The number of hydrogen-bond acceptors (Lipinski definition) is 4. The number of benzene rings is 1. The molecule has 20 heavy (non-hydrogen) atoms. The predicted molar refractivity (Wildman–Crippen MR) is 80.3 cm³/mol. The number of ether oxygens (including phenoxy) is 1. The summed E-state index contributed by atoms with van der Waals surface area (Å²) in [6.45, 7) is 7.28. The Kier molecular flexibility index (Phi) is 4.98. The number of piperazine rings is 1. The zero-order valence-electron chi connectivity index (χ0n) is 12.4. The van der Waals surface area contributed by atoms with Crippen LogP contribution in [0.3, 0.4) is 0 Å². The number of hydrogen-bond donors (Lipinski definition) is 2. The van der Waals surface area contributed by atoms with Crippen LogP contribution in [0.1, 0.15) is 12.5 Å². The van der Waals surface area contributed by atoms with Crippen molar-refractivity contribution in [3.05, 3.63) is 23.8 Å². The van der Waals surface area contributed by atoms with Crippen molar-refractivity contribution in [3.63, 3.8) is 0 Å². The molecule has 0 aliphatic carbocycles. The molecule has 2 rings (SSSR count). The van der Waals surface area contributed by atoms with Gasteiger partial charge in [-0.2, -0.15) is 0 Å². The van der Waals surface area contributed by atoms with E-state index in [9.17, 15) is 4.79 Å². The molecule has 1 fully saturated rings. The molecular weight excluding hydrogens is 254 g/mol. The van der Waals surface area contributed by atoms with Gasteiger partial charge in [0.25, 0.3) is 0 Å². The number of rotatable bonds is 4. The van der Waals surface area contributed by atoms with Gasteiger partial charge in [-0.25, -0.2) is 0 Å². The molecule has 1 unspecified atom stereocenters. The molecule has 0 aromatic heterocycles. The normalized spacial score (nSPS) is 19.6. The van der Waals surface area contributed by atoms with Crippen molar-refractivity contribution in [1.82, 2.24) is 10.2 Å². The highest BCUT2D eigenvalue weighted by Gasteiger charge is 2.18. The van der Waals surface area contributed by atoms with Crippen molar-refractivity contribution in [2.24, 2.45) is 0 Å². The molecule has 0 saturated carbocycles. The quantitative estimate of drug-likeness (QED) is 0.869. The Balaban J connectivity index is 1.95. The third-order valence-electron chi connectivity index (χ3n) is 3.45. The highest BCUT2D eigenvalue weighted by atomic mass is 16.5. The van der Waals surface area contributed by atoms with Gasteiger partial charge in [-0.1, -0.05) is 6.07 Å². The number of methoxy groups -OCH3 is 1. The standard InChI is InChI=1S/C15H23N3O2/c1-11-4-5-14(20-3)13(8-11)17-15(19)10-18-7-6-16-12(2)9-18/h4-5,8,12,16H,6-7,9-10H2,1-3H3,(H,17,19). The monoisotopic (exact) mass is 277 g/mol. The maximum atomic E-state index is 12.1. The van der Waals surface area contributed by atoms with Gasteiger partial charge in [0.1, 0.15) is 5.75 Å². The first-order chi connectivity index (χ1) is 9.58. The fraction of sp³-hybridized carbons (Fsp3) is 0.533. The number of aryl methyl sites for hydroxylation is 1. The van der Waals surface area contributed by atoms with Gasteiger partial charge in [0.05, 0.1) is 19.3 Å². The molecule has 1 aromatic carbocycles. The average Bonchev–Trinajstić information content (AvgIpc) is 2.38. The molecule has 2 N–H and O–H groups in total. The minimum Gasteiger partial charge on any atom is -0.495 e. The second kappa shape index (κ2) is 6.72. The van der Waals surface area contributed by atoms with E-state index in [-0.39, 0.29) is 5.91 Å². The van der Waals surface area contributed by atoms with Crippen LogP contribution in [0, 0.1) is 6.92 Å². The Morgan fingerprint density at radius 3 is 3.05 bits per heavy atom. The summed E-state index contributed by atoms with van der Waals surface area (Å²) in [4.78, 5) is 14.3. The van der Waals surface area contributed by atoms with Crippen molar-refractivity contribution in [1.29, 1.82) is 0 Å². The summed E-state index contributed by atoms with van der Waals surface area (Å²) in [6.07, 6.45) is 0. The van der Waals surface area contributed by atoms with Gasteiger partial charge in [-0.3, -0.25) is 9.69 Å². The topological polar surface area (TPSA) is 53.6 Å². The molecule has 1 aliphatic rings. The summed E-state index contributed by atoms with van der Waals surface area (Å²) in [6, 6.07) is 6.20. The molecule has 5 nitrogen and oxygen atoms in total. The van der Waals surface area contributed by atoms with Crippen LogP contribution in [0.15, 0.2) is 18.2 Å². The fourth-order valence-electron chi connectivity index (χ4n) is 2.47. The zero-order valence-corrected chi connectivity index (χ0v) is 12.4. The van der Waals surface area contributed by atoms with E-state index < -0.39 is 0 Å². The van der Waals surface area contributed by atoms with Gasteiger partial charge in [0, 0.05) is 25.7 Å². The van der Waals surface area contributed by atoms with Crippen LogP contribution < -0.4 is 15.4 Å². The summed E-state index contributed by atoms with van der Waals surface area (Å²) in [5, 5.41) is 6.31. The second-order valence-corrected chi connectivity index (χ2v) is 5.34.